The van der Waals surface area contributed by atoms with Gasteiger partial charge in [-0.2, -0.15) is 5.10 Å². The number of rotatable bonds is 5. The van der Waals surface area contributed by atoms with Gasteiger partial charge in [0.2, 0.25) is 5.91 Å². The summed E-state index contributed by atoms with van der Waals surface area (Å²) >= 11 is 0. The molecule has 1 saturated heterocycles. The second-order valence-electron chi connectivity index (χ2n) is 8.22. The summed E-state index contributed by atoms with van der Waals surface area (Å²) in [7, 11) is 0. The predicted octanol–water partition coefficient (Wildman–Crippen LogP) is 3.91. The van der Waals surface area contributed by atoms with Gasteiger partial charge >= 0.3 is 0 Å². The van der Waals surface area contributed by atoms with Crippen LogP contribution in [-0.2, 0) is 17.8 Å². The van der Waals surface area contributed by atoms with E-state index in [1.54, 1.807) is 6.20 Å². The zero-order valence-electron chi connectivity index (χ0n) is 17.0. The van der Waals surface area contributed by atoms with Crippen molar-refractivity contribution in [1.29, 1.82) is 0 Å². The maximum Gasteiger partial charge on any atom is 0.227 e. The lowest BCUT2D eigenvalue weighted by Crippen LogP contribution is -2.35. The van der Waals surface area contributed by atoms with Crippen molar-refractivity contribution >= 4 is 16.9 Å². The molecular formula is C24H25N5O. The molecule has 2 atom stereocenters. The Morgan fingerprint density at radius 1 is 1.17 bits per heavy atom. The van der Waals surface area contributed by atoms with Crippen LogP contribution in [0.4, 0.5) is 0 Å². The van der Waals surface area contributed by atoms with Crippen molar-refractivity contribution in [1.82, 2.24) is 24.6 Å². The Morgan fingerprint density at radius 2 is 2.03 bits per heavy atom. The van der Waals surface area contributed by atoms with E-state index < -0.39 is 0 Å². The Balaban J connectivity index is 1.28. The van der Waals surface area contributed by atoms with E-state index in [0.29, 0.717) is 12.3 Å². The summed E-state index contributed by atoms with van der Waals surface area (Å²) in [6, 6.07) is 16.5. The van der Waals surface area contributed by atoms with Gasteiger partial charge < -0.3 is 9.47 Å². The average Bonchev–Trinajstić information content (AvgIpc) is 3.49. The summed E-state index contributed by atoms with van der Waals surface area (Å²) in [6.45, 7) is 3.87. The minimum atomic E-state index is 0.222. The monoisotopic (exact) mass is 399 g/mol. The molecule has 0 saturated carbocycles. The number of aromatic amines is 1. The van der Waals surface area contributed by atoms with Crippen molar-refractivity contribution in [3.63, 3.8) is 0 Å². The molecule has 152 valence electrons. The first-order chi connectivity index (χ1) is 14.7. The SMILES string of the molecule is C[C@@H]1CC(Cn2ccc3nc(-c4cn[nH]c4)ccc32)CN1C(=O)Cc1ccccc1. The highest BCUT2D eigenvalue weighted by molar-refractivity contribution is 5.80. The first-order valence-electron chi connectivity index (χ1n) is 10.5. The van der Waals surface area contributed by atoms with Crippen LogP contribution in [0.25, 0.3) is 22.3 Å². The molecule has 1 aliphatic rings. The first-order valence-corrected chi connectivity index (χ1v) is 10.5. The first kappa shape index (κ1) is 18.6. The smallest absolute Gasteiger partial charge is 0.227 e. The summed E-state index contributed by atoms with van der Waals surface area (Å²) in [6.07, 6.45) is 7.25. The number of fused-ring (bicyclic) bond motifs is 1. The molecule has 1 aromatic carbocycles. The Kier molecular flexibility index (Phi) is 4.83. The van der Waals surface area contributed by atoms with Gasteiger partial charge in [0, 0.05) is 37.1 Å². The number of amides is 1. The van der Waals surface area contributed by atoms with Crippen LogP contribution >= 0.6 is 0 Å². The number of hydrogen-bond donors (Lipinski definition) is 1. The highest BCUT2D eigenvalue weighted by Crippen LogP contribution is 2.27. The number of carbonyl (C=O) groups is 1. The molecule has 0 radical (unpaired) electrons. The number of H-pyrrole nitrogens is 1. The minimum Gasteiger partial charge on any atom is -0.346 e. The van der Waals surface area contributed by atoms with Crippen molar-refractivity contribution in [2.24, 2.45) is 5.92 Å². The largest absolute Gasteiger partial charge is 0.346 e. The van der Waals surface area contributed by atoms with Gasteiger partial charge in [-0.25, -0.2) is 4.98 Å². The molecule has 1 aliphatic heterocycles. The van der Waals surface area contributed by atoms with Crippen LogP contribution in [0.2, 0.25) is 0 Å². The Bertz CT molecular complexity index is 1150. The molecular weight excluding hydrogens is 374 g/mol. The molecule has 4 aromatic rings. The third-order valence-electron chi connectivity index (χ3n) is 6.05. The number of likely N-dealkylation sites (tertiary alicyclic amines) is 1. The van der Waals surface area contributed by atoms with Gasteiger partial charge in [0.1, 0.15) is 0 Å². The second kappa shape index (κ2) is 7.78. The van der Waals surface area contributed by atoms with E-state index in [1.165, 1.54) is 0 Å². The van der Waals surface area contributed by atoms with Crippen molar-refractivity contribution < 1.29 is 4.79 Å². The summed E-state index contributed by atoms with van der Waals surface area (Å²) in [4.78, 5) is 19.7. The molecule has 5 rings (SSSR count). The summed E-state index contributed by atoms with van der Waals surface area (Å²) in [5.41, 5.74) is 5.10. The van der Waals surface area contributed by atoms with E-state index in [-0.39, 0.29) is 11.9 Å². The Morgan fingerprint density at radius 3 is 2.83 bits per heavy atom. The zero-order valence-corrected chi connectivity index (χ0v) is 17.0. The van der Waals surface area contributed by atoms with Gasteiger partial charge in [0.05, 0.1) is 29.3 Å². The van der Waals surface area contributed by atoms with Crippen molar-refractivity contribution in [2.45, 2.75) is 32.4 Å². The summed E-state index contributed by atoms with van der Waals surface area (Å²) in [5.74, 6) is 0.670. The van der Waals surface area contributed by atoms with E-state index in [0.717, 1.165) is 47.4 Å². The van der Waals surface area contributed by atoms with Crippen molar-refractivity contribution in [3.05, 3.63) is 72.7 Å². The normalized spacial score (nSPS) is 18.9. The highest BCUT2D eigenvalue weighted by atomic mass is 16.2. The van der Waals surface area contributed by atoms with E-state index in [1.807, 2.05) is 42.6 Å². The fourth-order valence-corrected chi connectivity index (χ4v) is 4.56. The Labute approximate surface area is 175 Å². The van der Waals surface area contributed by atoms with Crippen LogP contribution in [0.5, 0.6) is 0 Å². The van der Waals surface area contributed by atoms with Crippen LogP contribution < -0.4 is 0 Å². The molecule has 6 nitrogen and oxygen atoms in total. The predicted molar refractivity (Wildman–Crippen MR) is 117 cm³/mol. The third-order valence-corrected chi connectivity index (χ3v) is 6.05. The Hall–Kier alpha value is -3.41. The van der Waals surface area contributed by atoms with Crippen LogP contribution in [0.15, 0.2) is 67.1 Å². The minimum absolute atomic E-state index is 0.222. The van der Waals surface area contributed by atoms with Crippen LogP contribution in [0.1, 0.15) is 18.9 Å². The van der Waals surface area contributed by atoms with E-state index in [9.17, 15) is 4.79 Å². The lowest BCUT2D eigenvalue weighted by atomic mass is 10.1. The number of aromatic nitrogens is 4. The number of nitrogens with zero attached hydrogens (tertiary/aromatic N) is 4. The van der Waals surface area contributed by atoms with Crippen molar-refractivity contribution in [3.8, 4) is 11.3 Å². The van der Waals surface area contributed by atoms with Crippen LogP contribution in [-0.4, -0.2) is 43.1 Å². The zero-order chi connectivity index (χ0) is 20.5. The maximum absolute atomic E-state index is 12.8. The van der Waals surface area contributed by atoms with Gasteiger partial charge in [0.15, 0.2) is 0 Å². The number of nitrogens with one attached hydrogen (secondary N) is 1. The molecule has 3 aromatic heterocycles. The standard InChI is InChI=1S/C24H25N5O/c1-17-11-19(16-29(17)24(30)12-18-5-3-2-4-6-18)15-28-10-9-22-23(28)8-7-21(27-22)20-13-25-26-14-20/h2-10,13-14,17,19H,11-12,15-16H2,1H3,(H,25,26)/t17-,19?/m1/s1. The van der Waals surface area contributed by atoms with Gasteiger partial charge in [-0.3, -0.25) is 9.89 Å². The maximum atomic E-state index is 12.8. The topological polar surface area (TPSA) is 66.8 Å². The quantitative estimate of drug-likeness (QED) is 0.553. The number of benzene rings is 1. The lowest BCUT2D eigenvalue weighted by Gasteiger charge is -2.21. The molecule has 1 fully saturated rings. The molecule has 0 bridgehead atoms. The van der Waals surface area contributed by atoms with Gasteiger partial charge in [-0.1, -0.05) is 30.3 Å². The fourth-order valence-electron chi connectivity index (χ4n) is 4.56. The molecule has 6 heteroatoms. The van der Waals surface area contributed by atoms with Gasteiger partial charge in [-0.15, -0.1) is 0 Å². The van der Waals surface area contributed by atoms with Crippen molar-refractivity contribution in [2.75, 3.05) is 6.54 Å². The van der Waals surface area contributed by atoms with Gasteiger partial charge in [-0.05, 0) is 43.0 Å². The molecule has 1 amide bonds. The number of pyridine rings is 1. The second-order valence-corrected chi connectivity index (χ2v) is 8.22. The molecule has 1 unspecified atom stereocenters. The average molecular weight is 399 g/mol. The number of hydrogen-bond acceptors (Lipinski definition) is 3. The summed E-state index contributed by atoms with van der Waals surface area (Å²) < 4.78 is 2.27. The molecule has 4 heterocycles. The third kappa shape index (κ3) is 3.61. The number of carbonyl (C=O) groups excluding carboxylic acids is 1. The van der Waals surface area contributed by atoms with E-state index in [2.05, 4.69) is 44.9 Å². The molecule has 30 heavy (non-hydrogen) atoms. The van der Waals surface area contributed by atoms with E-state index >= 15 is 0 Å². The van der Waals surface area contributed by atoms with Gasteiger partial charge in [0.25, 0.3) is 0 Å². The fraction of sp³-hybridized carbons (Fsp3) is 0.292. The van der Waals surface area contributed by atoms with Crippen LogP contribution in [0.3, 0.4) is 0 Å². The lowest BCUT2D eigenvalue weighted by molar-refractivity contribution is -0.131. The van der Waals surface area contributed by atoms with E-state index in [4.69, 9.17) is 4.98 Å². The highest BCUT2D eigenvalue weighted by Gasteiger charge is 2.32. The molecule has 0 spiro atoms. The molecule has 0 aliphatic carbocycles. The molecule has 1 N–H and O–H groups in total. The van der Waals surface area contributed by atoms with Crippen LogP contribution in [0, 0.1) is 5.92 Å². The summed E-state index contributed by atoms with van der Waals surface area (Å²) in [5, 5.41) is 6.84.